The van der Waals surface area contributed by atoms with Gasteiger partial charge in [-0.15, -0.1) is 0 Å². The fourth-order valence-corrected chi connectivity index (χ4v) is 2.66. The van der Waals surface area contributed by atoms with E-state index in [4.69, 9.17) is 0 Å². The molecule has 1 aromatic heterocycles. The maximum atomic E-state index is 14.2. The summed E-state index contributed by atoms with van der Waals surface area (Å²) in [5.74, 6) is -0.238. The second-order valence-electron chi connectivity index (χ2n) is 5.91. The second-order valence-corrected chi connectivity index (χ2v) is 6.89. The predicted molar refractivity (Wildman–Crippen MR) is 83.9 cm³/mol. The second kappa shape index (κ2) is 6.54. The molecule has 112 valence electrons. The zero-order chi connectivity index (χ0) is 15.5. The molecule has 3 nitrogen and oxygen atoms in total. The highest BCUT2D eigenvalue weighted by Gasteiger charge is 2.14. The van der Waals surface area contributed by atoms with Crippen LogP contribution in [-0.2, 0) is 6.54 Å². The first-order chi connectivity index (χ1) is 9.85. The lowest BCUT2D eigenvalue weighted by molar-refractivity contribution is 0.421. The molecule has 2 aromatic rings. The monoisotopic (exact) mass is 305 g/mol. The Kier molecular flexibility index (Phi) is 4.96. The van der Waals surface area contributed by atoms with Gasteiger partial charge in [-0.05, 0) is 57.2 Å². The van der Waals surface area contributed by atoms with Gasteiger partial charge in [0.15, 0.2) is 5.16 Å². The van der Waals surface area contributed by atoms with E-state index < -0.39 is 0 Å². The summed E-state index contributed by atoms with van der Waals surface area (Å²) in [6.45, 7) is 8.76. The number of halogens is 1. The van der Waals surface area contributed by atoms with Gasteiger partial charge in [0.25, 0.3) is 0 Å². The number of benzene rings is 1. The van der Waals surface area contributed by atoms with Crippen LogP contribution in [0.25, 0.3) is 0 Å². The van der Waals surface area contributed by atoms with E-state index in [-0.39, 0.29) is 11.4 Å². The summed E-state index contributed by atoms with van der Waals surface area (Å²) in [6.07, 6.45) is 1.69. The van der Waals surface area contributed by atoms with Crippen LogP contribution in [-0.4, -0.2) is 15.5 Å². The maximum absolute atomic E-state index is 14.2. The van der Waals surface area contributed by atoms with Gasteiger partial charge in [-0.25, -0.2) is 14.4 Å². The summed E-state index contributed by atoms with van der Waals surface area (Å²) in [7, 11) is 0. The molecular weight excluding hydrogens is 285 g/mol. The van der Waals surface area contributed by atoms with Crippen molar-refractivity contribution in [2.45, 2.75) is 49.8 Å². The van der Waals surface area contributed by atoms with Crippen LogP contribution < -0.4 is 5.32 Å². The van der Waals surface area contributed by atoms with Crippen molar-refractivity contribution in [3.8, 4) is 0 Å². The Labute approximate surface area is 129 Å². The molecule has 0 fully saturated rings. The molecule has 1 N–H and O–H groups in total. The molecule has 0 atom stereocenters. The Bertz CT molecular complexity index is 623. The summed E-state index contributed by atoms with van der Waals surface area (Å²) in [5, 5.41) is 3.95. The number of hydrogen-bond donors (Lipinski definition) is 1. The molecule has 0 bridgehead atoms. The lowest BCUT2D eigenvalue weighted by Gasteiger charge is -2.21. The van der Waals surface area contributed by atoms with Crippen molar-refractivity contribution in [3.63, 3.8) is 0 Å². The fraction of sp³-hybridized carbons (Fsp3) is 0.375. The van der Waals surface area contributed by atoms with Gasteiger partial charge in [0, 0.05) is 24.0 Å². The Morgan fingerprint density at radius 2 is 2.00 bits per heavy atom. The van der Waals surface area contributed by atoms with E-state index in [1.165, 1.54) is 17.8 Å². The Morgan fingerprint density at radius 1 is 1.24 bits per heavy atom. The molecule has 0 aliphatic carbocycles. The lowest BCUT2D eigenvalue weighted by Crippen LogP contribution is -2.35. The van der Waals surface area contributed by atoms with Gasteiger partial charge in [-0.1, -0.05) is 12.1 Å². The SMILES string of the molecule is Cc1ccnc(Sc2c(F)cccc2CNC(C)(C)C)n1. The van der Waals surface area contributed by atoms with Crippen molar-refractivity contribution in [2.75, 3.05) is 0 Å². The molecular formula is C16H20FN3S. The van der Waals surface area contributed by atoms with Gasteiger partial charge < -0.3 is 5.32 Å². The molecule has 0 aliphatic heterocycles. The quantitative estimate of drug-likeness (QED) is 0.868. The normalized spacial score (nSPS) is 11.7. The van der Waals surface area contributed by atoms with Gasteiger partial charge in [0.2, 0.25) is 0 Å². The van der Waals surface area contributed by atoms with Crippen LogP contribution in [0.5, 0.6) is 0 Å². The van der Waals surface area contributed by atoms with Crippen LogP contribution in [0, 0.1) is 12.7 Å². The van der Waals surface area contributed by atoms with Crippen molar-refractivity contribution >= 4 is 11.8 Å². The topological polar surface area (TPSA) is 37.8 Å². The smallest absolute Gasteiger partial charge is 0.192 e. The minimum Gasteiger partial charge on any atom is -0.308 e. The van der Waals surface area contributed by atoms with E-state index in [1.54, 1.807) is 12.3 Å². The van der Waals surface area contributed by atoms with Crippen molar-refractivity contribution < 1.29 is 4.39 Å². The molecule has 5 heteroatoms. The Balaban J connectivity index is 2.25. The first-order valence-electron chi connectivity index (χ1n) is 6.85. The van der Waals surface area contributed by atoms with Crippen molar-refractivity contribution in [1.82, 2.24) is 15.3 Å². The van der Waals surface area contributed by atoms with Gasteiger partial charge in [-0.2, -0.15) is 0 Å². The largest absolute Gasteiger partial charge is 0.308 e. The third-order valence-electron chi connectivity index (χ3n) is 2.82. The van der Waals surface area contributed by atoms with E-state index >= 15 is 0 Å². The average molecular weight is 305 g/mol. The van der Waals surface area contributed by atoms with Crippen LogP contribution in [0.3, 0.4) is 0 Å². The molecule has 1 heterocycles. The van der Waals surface area contributed by atoms with Crippen molar-refractivity contribution in [2.24, 2.45) is 0 Å². The zero-order valence-electron chi connectivity index (χ0n) is 12.8. The van der Waals surface area contributed by atoms with Crippen LogP contribution >= 0.6 is 11.8 Å². The standard InChI is InChI=1S/C16H20FN3S/c1-11-8-9-18-15(20-11)21-14-12(6-5-7-13(14)17)10-19-16(2,3)4/h5-9,19H,10H2,1-4H3. The average Bonchev–Trinajstić information content (AvgIpc) is 2.39. The van der Waals surface area contributed by atoms with Gasteiger partial charge in [0.1, 0.15) is 5.82 Å². The summed E-state index contributed by atoms with van der Waals surface area (Å²) in [5.41, 5.74) is 1.77. The minimum absolute atomic E-state index is 0.0198. The van der Waals surface area contributed by atoms with Gasteiger partial charge in [-0.3, -0.25) is 0 Å². The number of nitrogens with zero attached hydrogens (tertiary/aromatic N) is 2. The Morgan fingerprint density at radius 3 is 2.67 bits per heavy atom. The van der Waals surface area contributed by atoms with Gasteiger partial charge in [0.05, 0.1) is 4.90 Å². The minimum atomic E-state index is -0.238. The maximum Gasteiger partial charge on any atom is 0.192 e. The third-order valence-corrected chi connectivity index (χ3v) is 3.86. The van der Waals surface area contributed by atoms with E-state index in [0.717, 1.165) is 11.3 Å². The predicted octanol–water partition coefficient (Wildman–Crippen LogP) is 3.96. The molecule has 0 aliphatic rings. The van der Waals surface area contributed by atoms with E-state index in [9.17, 15) is 4.39 Å². The summed E-state index contributed by atoms with van der Waals surface area (Å²) >= 11 is 1.27. The molecule has 0 radical (unpaired) electrons. The highest BCUT2D eigenvalue weighted by atomic mass is 32.2. The van der Waals surface area contributed by atoms with Crippen LogP contribution in [0.4, 0.5) is 4.39 Å². The Hall–Kier alpha value is -1.46. The highest BCUT2D eigenvalue weighted by Crippen LogP contribution is 2.30. The number of aryl methyl sites for hydroxylation is 1. The number of rotatable bonds is 4. The fourth-order valence-electron chi connectivity index (χ4n) is 1.73. The van der Waals surface area contributed by atoms with Crippen LogP contribution in [0.15, 0.2) is 40.5 Å². The van der Waals surface area contributed by atoms with E-state index in [2.05, 4.69) is 36.1 Å². The van der Waals surface area contributed by atoms with Crippen molar-refractivity contribution in [1.29, 1.82) is 0 Å². The number of hydrogen-bond acceptors (Lipinski definition) is 4. The lowest BCUT2D eigenvalue weighted by atomic mass is 10.1. The van der Waals surface area contributed by atoms with E-state index in [1.807, 2.05) is 19.1 Å². The molecule has 2 rings (SSSR count). The molecule has 0 saturated heterocycles. The van der Waals surface area contributed by atoms with Gasteiger partial charge >= 0.3 is 0 Å². The molecule has 1 aromatic carbocycles. The third kappa shape index (κ3) is 4.79. The zero-order valence-corrected chi connectivity index (χ0v) is 13.6. The number of aromatic nitrogens is 2. The summed E-state index contributed by atoms with van der Waals surface area (Å²) < 4.78 is 14.2. The first-order valence-corrected chi connectivity index (χ1v) is 7.67. The summed E-state index contributed by atoms with van der Waals surface area (Å²) in [4.78, 5) is 9.10. The summed E-state index contributed by atoms with van der Waals surface area (Å²) in [6, 6.07) is 6.96. The number of nitrogens with one attached hydrogen (secondary N) is 1. The highest BCUT2D eigenvalue weighted by molar-refractivity contribution is 7.99. The van der Waals surface area contributed by atoms with Crippen molar-refractivity contribution in [3.05, 3.63) is 47.5 Å². The molecule has 0 unspecified atom stereocenters. The van der Waals surface area contributed by atoms with Crippen LogP contribution in [0.1, 0.15) is 32.0 Å². The molecule has 21 heavy (non-hydrogen) atoms. The van der Waals surface area contributed by atoms with Crippen LogP contribution in [0.2, 0.25) is 0 Å². The molecule has 0 saturated carbocycles. The first kappa shape index (κ1) is 15.9. The molecule has 0 amide bonds. The molecule has 0 spiro atoms. The van der Waals surface area contributed by atoms with E-state index in [0.29, 0.717) is 16.6 Å².